The van der Waals surface area contributed by atoms with Crippen LogP contribution in [-0.4, -0.2) is 57.3 Å². The van der Waals surface area contributed by atoms with Crippen molar-refractivity contribution in [2.75, 3.05) is 31.2 Å². The molecule has 4 rings (SSSR count). The first-order valence-electron chi connectivity index (χ1n) is 9.32. The number of benzene rings is 1. The number of anilines is 2. The Morgan fingerprint density at radius 3 is 2.77 bits per heavy atom. The first-order valence-corrected chi connectivity index (χ1v) is 9.70. The van der Waals surface area contributed by atoms with E-state index in [1.807, 2.05) is 24.3 Å². The summed E-state index contributed by atoms with van der Waals surface area (Å²) >= 11 is 5.99. The number of nitrogen functional groups attached to an aromatic ring is 2. The van der Waals surface area contributed by atoms with Crippen molar-refractivity contribution in [3.8, 4) is 0 Å². The number of halogens is 1. The number of morpholine rings is 1. The molecule has 11 heteroatoms. The predicted octanol–water partition coefficient (Wildman–Crippen LogP) is 1.08. The van der Waals surface area contributed by atoms with E-state index in [0.29, 0.717) is 17.9 Å². The monoisotopic (exact) mass is 429 g/mol. The van der Waals surface area contributed by atoms with Crippen LogP contribution in [0.4, 0.5) is 11.6 Å². The second-order valence-corrected chi connectivity index (χ2v) is 7.33. The van der Waals surface area contributed by atoms with E-state index in [9.17, 15) is 9.59 Å². The van der Waals surface area contributed by atoms with Gasteiger partial charge < -0.3 is 31.3 Å². The molecule has 0 saturated carbocycles. The number of Topliss-reactive ketones (excluding diaryl/α,β-unsaturated/α-hetero) is 1. The number of fused-ring (bicyclic) bond motifs is 1. The number of nitrogens with one attached hydrogen (secondary N) is 2. The molecule has 1 fully saturated rings. The van der Waals surface area contributed by atoms with E-state index in [4.69, 9.17) is 27.8 Å². The number of aromatic amines is 1. The van der Waals surface area contributed by atoms with Crippen LogP contribution in [0.5, 0.6) is 0 Å². The van der Waals surface area contributed by atoms with Gasteiger partial charge in [0.25, 0.3) is 0 Å². The van der Waals surface area contributed by atoms with Gasteiger partial charge >= 0.3 is 0 Å². The van der Waals surface area contributed by atoms with Crippen LogP contribution in [0.25, 0.3) is 11.0 Å². The minimum Gasteiger partial charge on any atom is -0.382 e. The van der Waals surface area contributed by atoms with Gasteiger partial charge in [-0.1, -0.05) is 23.7 Å². The molecule has 1 aromatic carbocycles. The Labute approximate surface area is 176 Å². The molecule has 0 radical (unpaired) electrons. The van der Waals surface area contributed by atoms with E-state index in [-0.39, 0.29) is 42.1 Å². The fourth-order valence-corrected chi connectivity index (χ4v) is 3.85. The van der Waals surface area contributed by atoms with Gasteiger partial charge in [0, 0.05) is 19.5 Å². The van der Waals surface area contributed by atoms with Gasteiger partial charge in [-0.05, 0) is 12.1 Å². The van der Waals surface area contributed by atoms with E-state index in [1.165, 1.54) is 0 Å². The molecule has 156 valence electrons. The molecule has 1 saturated heterocycles. The Morgan fingerprint density at radius 1 is 1.27 bits per heavy atom. The third-order valence-electron chi connectivity index (χ3n) is 5.16. The van der Waals surface area contributed by atoms with Crippen molar-refractivity contribution in [2.45, 2.75) is 17.9 Å². The summed E-state index contributed by atoms with van der Waals surface area (Å²) in [6.45, 7) is 0.925. The maximum absolute atomic E-state index is 13.7. The number of hydrogen-bond acceptors (Lipinski definition) is 9. The summed E-state index contributed by atoms with van der Waals surface area (Å²) in [5.74, 6) is -1.06. The van der Waals surface area contributed by atoms with Gasteiger partial charge in [0.15, 0.2) is 28.1 Å². The Kier molecular flexibility index (Phi) is 5.37. The number of aldehydes is 1. The fourth-order valence-electron chi connectivity index (χ4n) is 3.72. The van der Waals surface area contributed by atoms with Gasteiger partial charge in [0.2, 0.25) is 5.78 Å². The zero-order valence-electron chi connectivity index (χ0n) is 15.9. The van der Waals surface area contributed by atoms with Crippen molar-refractivity contribution in [3.63, 3.8) is 0 Å². The minimum atomic E-state index is -1.49. The van der Waals surface area contributed by atoms with E-state index < -0.39 is 17.3 Å². The number of H-pyrrole nitrogens is 1. The smallest absolute Gasteiger partial charge is 0.218 e. The van der Waals surface area contributed by atoms with E-state index >= 15 is 0 Å². The highest BCUT2D eigenvalue weighted by molar-refractivity contribution is 6.31. The number of ether oxygens (including phenoxy) is 1. The third kappa shape index (κ3) is 3.38. The SMILES string of the molecule is Nc1nc(N)c(C(=O)C2(C(CC=O)c3nc4ccccc4[nH]3)CNCCO2)nc1Cl. The molecule has 0 bridgehead atoms. The van der Waals surface area contributed by atoms with Gasteiger partial charge in [-0.15, -0.1) is 0 Å². The van der Waals surface area contributed by atoms with Crippen molar-refractivity contribution in [1.82, 2.24) is 25.3 Å². The second-order valence-electron chi connectivity index (χ2n) is 6.97. The van der Waals surface area contributed by atoms with Gasteiger partial charge in [0.1, 0.15) is 12.1 Å². The number of nitrogens with two attached hydrogens (primary N) is 2. The number of imidazole rings is 1. The molecule has 30 heavy (non-hydrogen) atoms. The second kappa shape index (κ2) is 7.98. The quantitative estimate of drug-likeness (QED) is 0.331. The highest BCUT2D eigenvalue weighted by atomic mass is 35.5. The Bertz CT molecular complexity index is 1080. The van der Waals surface area contributed by atoms with E-state index in [1.54, 1.807) is 0 Å². The summed E-state index contributed by atoms with van der Waals surface area (Å²) < 4.78 is 6.04. The van der Waals surface area contributed by atoms with Crippen molar-refractivity contribution in [1.29, 1.82) is 0 Å². The van der Waals surface area contributed by atoms with E-state index in [2.05, 4.69) is 25.3 Å². The molecule has 6 N–H and O–H groups in total. The third-order valence-corrected chi connectivity index (χ3v) is 5.44. The molecule has 3 heterocycles. The van der Waals surface area contributed by atoms with Crippen molar-refractivity contribution >= 4 is 46.3 Å². The summed E-state index contributed by atoms with van der Waals surface area (Å²) in [6.07, 6.45) is 0.721. The van der Waals surface area contributed by atoms with Crippen molar-refractivity contribution in [2.24, 2.45) is 0 Å². The van der Waals surface area contributed by atoms with Crippen LogP contribution < -0.4 is 16.8 Å². The molecule has 1 aliphatic heterocycles. The normalized spacial score (nSPS) is 20.2. The highest BCUT2D eigenvalue weighted by Gasteiger charge is 2.51. The lowest BCUT2D eigenvalue weighted by atomic mass is 9.78. The zero-order chi connectivity index (χ0) is 21.3. The number of nitrogens with zero attached hydrogens (tertiary/aromatic N) is 3. The van der Waals surface area contributed by atoms with Crippen LogP contribution in [-0.2, 0) is 9.53 Å². The number of hydrogen-bond donors (Lipinski definition) is 4. The number of carbonyl (C=O) groups is 2. The van der Waals surface area contributed by atoms with Crippen LogP contribution >= 0.6 is 11.6 Å². The number of aromatic nitrogens is 4. The molecule has 1 aliphatic rings. The molecule has 2 aromatic heterocycles. The number of carbonyl (C=O) groups excluding carboxylic acids is 2. The standard InChI is InChI=1S/C19H20ClN7O3/c20-15-17(22)27-16(21)13(26-15)14(29)19(9-23-6-8-30-19)10(5-7-28)18-24-11-3-1-2-4-12(11)25-18/h1-4,7,10,23H,5-6,8-9H2,(H,24,25)(H4,21,22,27). The van der Waals surface area contributed by atoms with Crippen molar-refractivity contribution in [3.05, 3.63) is 40.9 Å². The lowest BCUT2D eigenvalue weighted by molar-refractivity contribution is -0.111. The van der Waals surface area contributed by atoms with Crippen LogP contribution in [0.1, 0.15) is 28.7 Å². The molecule has 0 spiro atoms. The minimum absolute atomic E-state index is 0.0106. The number of para-hydroxylation sites is 2. The summed E-state index contributed by atoms with van der Waals surface area (Å²) in [7, 11) is 0. The van der Waals surface area contributed by atoms with Gasteiger partial charge in [-0.25, -0.2) is 15.0 Å². The largest absolute Gasteiger partial charge is 0.382 e. The first-order chi connectivity index (χ1) is 14.5. The summed E-state index contributed by atoms with van der Waals surface area (Å²) in [5, 5.41) is 3.03. The van der Waals surface area contributed by atoms with Gasteiger partial charge in [-0.2, -0.15) is 0 Å². The average molecular weight is 430 g/mol. The lowest BCUT2D eigenvalue weighted by Gasteiger charge is -2.40. The maximum atomic E-state index is 13.7. The number of rotatable bonds is 6. The van der Waals surface area contributed by atoms with Crippen LogP contribution in [0.2, 0.25) is 5.15 Å². The number of ketones is 1. The highest BCUT2D eigenvalue weighted by Crippen LogP contribution is 2.38. The first kappa shape index (κ1) is 20.2. The molecule has 10 nitrogen and oxygen atoms in total. The molecule has 0 aliphatic carbocycles. The topological polar surface area (TPSA) is 162 Å². The van der Waals surface area contributed by atoms with Gasteiger partial charge in [0.05, 0.1) is 23.6 Å². The van der Waals surface area contributed by atoms with Gasteiger partial charge in [-0.3, -0.25) is 4.79 Å². The molecular weight excluding hydrogens is 410 g/mol. The Morgan fingerprint density at radius 2 is 2.07 bits per heavy atom. The van der Waals surface area contributed by atoms with Crippen LogP contribution in [0.15, 0.2) is 24.3 Å². The van der Waals surface area contributed by atoms with Crippen LogP contribution in [0.3, 0.4) is 0 Å². The average Bonchev–Trinajstić information content (AvgIpc) is 3.18. The summed E-state index contributed by atoms with van der Waals surface area (Å²) in [5.41, 5.74) is 11.4. The predicted molar refractivity (Wildman–Crippen MR) is 111 cm³/mol. The summed E-state index contributed by atoms with van der Waals surface area (Å²) in [4.78, 5) is 41.0. The van der Waals surface area contributed by atoms with Crippen LogP contribution in [0, 0.1) is 0 Å². The molecule has 3 aromatic rings. The maximum Gasteiger partial charge on any atom is 0.218 e. The van der Waals surface area contributed by atoms with Crippen molar-refractivity contribution < 1.29 is 14.3 Å². The zero-order valence-corrected chi connectivity index (χ0v) is 16.6. The van der Waals surface area contributed by atoms with E-state index in [0.717, 1.165) is 11.8 Å². The lowest BCUT2D eigenvalue weighted by Crippen LogP contribution is -2.59. The Hall–Kier alpha value is -3.08. The molecule has 2 atom stereocenters. The molecule has 2 unspecified atom stereocenters. The molecule has 0 amide bonds. The Balaban J connectivity index is 1.86. The molecular formula is C19H20ClN7O3. The summed E-state index contributed by atoms with van der Waals surface area (Å²) in [6, 6.07) is 7.42. The fraction of sp³-hybridized carbons (Fsp3) is 0.316.